The number of nitrogens with zero attached hydrogens (tertiary/aromatic N) is 4. The third kappa shape index (κ3) is 3.47. The van der Waals surface area contributed by atoms with Crippen molar-refractivity contribution in [2.75, 3.05) is 31.1 Å². The second-order valence-electron chi connectivity index (χ2n) is 7.20. The number of likely N-dealkylation sites (tertiary alicyclic amines) is 1. The molecule has 3 heterocycles. The molecular formula is C20H24N4O3. The van der Waals surface area contributed by atoms with Gasteiger partial charge in [-0.25, -0.2) is 0 Å². The molecular weight excluding hydrogens is 344 g/mol. The first-order chi connectivity index (χ1) is 13.1. The molecule has 2 fully saturated rings. The normalized spacial score (nSPS) is 23.1. The zero-order valence-corrected chi connectivity index (χ0v) is 15.5. The van der Waals surface area contributed by atoms with E-state index in [9.17, 15) is 9.59 Å². The van der Waals surface area contributed by atoms with Gasteiger partial charge in [-0.15, -0.1) is 0 Å². The van der Waals surface area contributed by atoms with Crippen LogP contribution in [0.5, 0.6) is 0 Å². The number of aromatic nitrogens is 2. The summed E-state index contributed by atoms with van der Waals surface area (Å²) in [5.74, 6) is -0.0694. The van der Waals surface area contributed by atoms with Gasteiger partial charge >= 0.3 is 0 Å². The van der Waals surface area contributed by atoms with Crippen LogP contribution in [0.4, 0.5) is 5.69 Å². The van der Waals surface area contributed by atoms with E-state index >= 15 is 0 Å². The Hall–Kier alpha value is -2.67. The fraction of sp³-hybridized carbons (Fsp3) is 0.450. The molecule has 1 aromatic heterocycles. The van der Waals surface area contributed by atoms with E-state index in [0.717, 1.165) is 25.1 Å². The number of amides is 2. The smallest absolute Gasteiger partial charge is 0.257 e. The third-order valence-electron chi connectivity index (χ3n) is 5.35. The zero-order chi connectivity index (χ0) is 18.9. The van der Waals surface area contributed by atoms with Crippen LogP contribution in [0.1, 0.15) is 30.1 Å². The second-order valence-corrected chi connectivity index (χ2v) is 7.20. The maximum absolute atomic E-state index is 12.9. The number of piperidine rings is 1. The maximum atomic E-state index is 12.9. The molecule has 7 heteroatoms. The van der Waals surface area contributed by atoms with Crippen molar-refractivity contribution in [3.8, 4) is 0 Å². The molecule has 1 unspecified atom stereocenters. The number of para-hydroxylation sites is 1. The van der Waals surface area contributed by atoms with Crippen molar-refractivity contribution in [2.24, 2.45) is 0 Å². The van der Waals surface area contributed by atoms with Crippen LogP contribution in [-0.2, 0) is 16.1 Å². The minimum Gasteiger partial charge on any atom is -0.361 e. The first kappa shape index (κ1) is 17.7. The number of carbonyl (C=O) groups is 2. The van der Waals surface area contributed by atoms with Crippen LogP contribution >= 0.6 is 0 Å². The van der Waals surface area contributed by atoms with Crippen molar-refractivity contribution in [1.29, 1.82) is 0 Å². The highest BCUT2D eigenvalue weighted by Gasteiger charge is 2.44. The van der Waals surface area contributed by atoms with Crippen LogP contribution in [0, 0.1) is 0 Å². The number of morpholine rings is 1. The molecule has 2 aliphatic rings. The van der Waals surface area contributed by atoms with E-state index in [-0.39, 0.29) is 18.4 Å². The van der Waals surface area contributed by atoms with Crippen molar-refractivity contribution in [2.45, 2.75) is 31.9 Å². The van der Waals surface area contributed by atoms with Crippen molar-refractivity contribution in [1.82, 2.24) is 14.7 Å². The molecule has 0 aliphatic carbocycles. The van der Waals surface area contributed by atoms with E-state index < -0.39 is 5.60 Å². The molecule has 4 rings (SSSR count). The Morgan fingerprint density at radius 2 is 2.07 bits per heavy atom. The van der Waals surface area contributed by atoms with Crippen LogP contribution in [0.3, 0.4) is 0 Å². The number of rotatable bonds is 3. The Balaban J connectivity index is 1.52. The maximum Gasteiger partial charge on any atom is 0.257 e. The third-order valence-corrected chi connectivity index (χ3v) is 5.35. The highest BCUT2D eigenvalue weighted by Crippen LogP contribution is 2.32. The highest BCUT2D eigenvalue weighted by atomic mass is 16.5. The van der Waals surface area contributed by atoms with E-state index in [1.165, 1.54) is 0 Å². The Morgan fingerprint density at radius 1 is 1.26 bits per heavy atom. The first-order valence-electron chi connectivity index (χ1n) is 9.41. The molecule has 0 bridgehead atoms. The molecule has 1 aromatic carbocycles. The monoisotopic (exact) mass is 368 g/mol. The van der Waals surface area contributed by atoms with Crippen molar-refractivity contribution in [3.05, 3.63) is 48.3 Å². The van der Waals surface area contributed by atoms with Gasteiger partial charge in [0.25, 0.3) is 11.8 Å². The average Bonchev–Trinajstić information content (AvgIpc) is 3.19. The summed E-state index contributed by atoms with van der Waals surface area (Å²) in [5.41, 5.74) is 0.955. The van der Waals surface area contributed by atoms with Gasteiger partial charge in [-0.1, -0.05) is 18.2 Å². The Morgan fingerprint density at radius 3 is 2.81 bits per heavy atom. The SMILES string of the molecule is CCn1cc(C(=O)N2CCCC3(C2)CN(c2ccccc2)C(=O)CO3)cn1. The number of ether oxygens (including phenoxy) is 1. The molecule has 2 aromatic rings. The summed E-state index contributed by atoms with van der Waals surface area (Å²) >= 11 is 0. The molecule has 1 spiro atoms. The molecule has 2 amide bonds. The molecule has 0 saturated carbocycles. The predicted molar refractivity (Wildman–Crippen MR) is 101 cm³/mol. The summed E-state index contributed by atoms with van der Waals surface area (Å²) in [4.78, 5) is 28.9. The standard InChI is InChI=1S/C20H24N4O3/c1-2-23-12-16(11-21-23)19(26)22-10-6-9-20(14-22)15-24(18(25)13-27-20)17-7-4-3-5-8-17/h3-5,7-8,11-12H,2,6,9-10,13-15H2,1H3. The molecule has 2 saturated heterocycles. The van der Waals surface area contributed by atoms with Gasteiger partial charge in [0, 0.05) is 25.0 Å². The fourth-order valence-corrected chi connectivity index (χ4v) is 3.91. The van der Waals surface area contributed by atoms with Gasteiger partial charge in [0.05, 0.1) is 24.8 Å². The minimum absolute atomic E-state index is 0.0273. The first-order valence-corrected chi connectivity index (χ1v) is 9.41. The van der Waals surface area contributed by atoms with Gasteiger partial charge in [-0.3, -0.25) is 14.3 Å². The number of anilines is 1. The summed E-state index contributed by atoms with van der Waals surface area (Å²) in [5, 5.41) is 4.20. The minimum atomic E-state index is -0.515. The van der Waals surface area contributed by atoms with Crippen molar-refractivity contribution in [3.63, 3.8) is 0 Å². The summed E-state index contributed by atoms with van der Waals surface area (Å²) in [6.45, 7) is 4.41. The Labute approximate surface area is 158 Å². The fourth-order valence-electron chi connectivity index (χ4n) is 3.91. The van der Waals surface area contributed by atoms with E-state index in [1.54, 1.807) is 22.0 Å². The van der Waals surface area contributed by atoms with E-state index in [2.05, 4.69) is 5.10 Å². The number of aryl methyl sites for hydroxylation is 1. The number of carbonyl (C=O) groups excluding carboxylic acids is 2. The van der Waals surface area contributed by atoms with Gasteiger partial charge in [0.15, 0.2) is 0 Å². The molecule has 27 heavy (non-hydrogen) atoms. The molecule has 0 radical (unpaired) electrons. The van der Waals surface area contributed by atoms with Gasteiger partial charge in [0.1, 0.15) is 12.2 Å². The van der Waals surface area contributed by atoms with Gasteiger partial charge in [-0.05, 0) is 31.9 Å². The summed E-state index contributed by atoms with van der Waals surface area (Å²) in [6.07, 6.45) is 5.09. The largest absolute Gasteiger partial charge is 0.361 e. The molecule has 142 valence electrons. The summed E-state index contributed by atoms with van der Waals surface area (Å²) < 4.78 is 7.76. The van der Waals surface area contributed by atoms with Crippen molar-refractivity contribution < 1.29 is 14.3 Å². The van der Waals surface area contributed by atoms with Gasteiger partial charge < -0.3 is 14.5 Å². The predicted octanol–water partition coefficient (Wildman–Crippen LogP) is 1.94. The molecule has 0 N–H and O–H groups in total. The zero-order valence-electron chi connectivity index (χ0n) is 15.5. The van der Waals surface area contributed by atoms with Crippen LogP contribution in [0.15, 0.2) is 42.7 Å². The van der Waals surface area contributed by atoms with Gasteiger partial charge in [-0.2, -0.15) is 5.10 Å². The lowest BCUT2D eigenvalue weighted by Crippen LogP contribution is -2.62. The van der Waals surface area contributed by atoms with Crippen molar-refractivity contribution >= 4 is 17.5 Å². The number of hydrogen-bond donors (Lipinski definition) is 0. The summed E-state index contributed by atoms with van der Waals surface area (Å²) in [6, 6.07) is 9.64. The van der Waals surface area contributed by atoms with Crippen LogP contribution in [-0.4, -0.2) is 58.3 Å². The lowest BCUT2D eigenvalue weighted by atomic mass is 9.90. The van der Waals surface area contributed by atoms with E-state index in [4.69, 9.17) is 4.74 Å². The van der Waals surface area contributed by atoms with Crippen LogP contribution < -0.4 is 4.90 Å². The lowest BCUT2D eigenvalue weighted by Gasteiger charge is -2.47. The lowest BCUT2D eigenvalue weighted by molar-refractivity contribution is -0.144. The second kappa shape index (κ2) is 7.15. The number of benzene rings is 1. The Bertz CT molecular complexity index is 835. The molecule has 1 atom stereocenters. The van der Waals surface area contributed by atoms with E-state index in [1.807, 2.05) is 42.2 Å². The Kier molecular flexibility index (Phi) is 4.70. The number of hydrogen-bond acceptors (Lipinski definition) is 4. The van der Waals surface area contributed by atoms with Gasteiger partial charge in [0.2, 0.25) is 0 Å². The molecule has 2 aliphatic heterocycles. The molecule has 7 nitrogen and oxygen atoms in total. The van der Waals surface area contributed by atoms with E-state index in [0.29, 0.717) is 25.2 Å². The van der Waals surface area contributed by atoms with Crippen LogP contribution in [0.2, 0.25) is 0 Å². The summed E-state index contributed by atoms with van der Waals surface area (Å²) in [7, 11) is 0. The topological polar surface area (TPSA) is 67.7 Å². The van der Waals surface area contributed by atoms with Crippen LogP contribution in [0.25, 0.3) is 0 Å². The highest BCUT2D eigenvalue weighted by molar-refractivity contribution is 5.95. The average molecular weight is 368 g/mol. The quantitative estimate of drug-likeness (QED) is 0.830.